The first kappa shape index (κ1) is 17.3. The van der Waals surface area contributed by atoms with E-state index in [4.69, 9.17) is 4.74 Å². The normalized spacial score (nSPS) is 10.2. The monoisotopic (exact) mass is 407 g/mol. The Morgan fingerprint density at radius 2 is 1.85 bits per heavy atom. The number of nitrogens with zero attached hydrogens (tertiary/aromatic N) is 1. The maximum absolute atomic E-state index is 11.3. The van der Waals surface area contributed by atoms with E-state index in [0.717, 1.165) is 26.8 Å². The van der Waals surface area contributed by atoms with E-state index in [1.807, 2.05) is 12.1 Å². The van der Waals surface area contributed by atoms with Crippen molar-refractivity contribution in [1.82, 2.24) is 15.5 Å². The average molecular weight is 409 g/mol. The number of hydrogen-bond donors (Lipinski definition) is 2. The maximum atomic E-state index is 11.3. The minimum Gasteiger partial charge on any atom is -0.494 e. The van der Waals surface area contributed by atoms with Crippen molar-refractivity contribution < 1.29 is 9.53 Å². The molecule has 0 aromatic heterocycles. The van der Waals surface area contributed by atoms with Gasteiger partial charge in [0.25, 0.3) is 0 Å². The first-order chi connectivity index (χ1) is 9.45. The van der Waals surface area contributed by atoms with E-state index in [9.17, 15) is 4.79 Å². The van der Waals surface area contributed by atoms with Crippen molar-refractivity contribution in [2.24, 2.45) is 0 Å². The molecular weight excluding hydrogens is 390 g/mol. The molecule has 2 amide bonds. The van der Waals surface area contributed by atoms with Gasteiger partial charge in [0, 0.05) is 33.7 Å². The fourth-order valence-electron chi connectivity index (χ4n) is 1.56. The summed E-state index contributed by atoms with van der Waals surface area (Å²) < 4.78 is 7.07. The summed E-state index contributed by atoms with van der Waals surface area (Å²) in [6, 6.07) is 3.94. The van der Waals surface area contributed by atoms with Crippen LogP contribution in [0.1, 0.15) is 5.56 Å². The maximum Gasteiger partial charge on any atom is 0.316 e. The van der Waals surface area contributed by atoms with Crippen LogP contribution < -0.4 is 15.4 Å². The number of carbonyl (C=O) groups is 1. The lowest BCUT2D eigenvalue weighted by molar-refractivity contribution is 0.217. The summed E-state index contributed by atoms with van der Waals surface area (Å²) in [5.74, 6) is 0.784. The Balaban J connectivity index is 2.38. The van der Waals surface area contributed by atoms with Crippen LogP contribution in [0.4, 0.5) is 4.79 Å². The van der Waals surface area contributed by atoms with E-state index in [-0.39, 0.29) is 6.03 Å². The minimum atomic E-state index is -0.0817. The Hall–Kier alpha value is -0.790. The Labute approximate surface area is 136 Å². The molecular formula is C13H19Br2N3O2. The number of nitrogens with one attached hydrogen (secondary N) is 2. The Kier molecular flexibility index (Phi) is 7.32. The van der Waals surface area contributed by atoms with E-state index in [1.54, 1.807) is 21.2 Å². The quantitative estimate of drug-likeness (QED) is 0.711. The summed E-state index contributed by atoms with van der Waals surface area (Å²) in [7, 11) is 5.07. The van der Waals surface area contributed by atoms with Gasteiger partial charge >= 0.3 is 6.03 Å². The van der Waals surface area contributed by atoms with Gasteiger partial charge in [-0.2, -0.15) is 0 Å². The standard InChI is InChI=1S/C13H19Br2N3O2/c1-18(2)13(19)17-5-4-16-8-9-6-10(14)12(20-3)11(15)7-9/h6-7,16H,4-5,8H2,1-3H3,(H,17,19). The molecule has 0 spiro atoms. The number of urea groups is 1. The summed E-state index contributed by atoms with van der Waals surface area (Å²) in [6.07, 6.45) is 0. The number of carbonyl (C=O) groups excluding carboxylic acids is 1. The Morgan fingerprint density at radius 1 is 1.25 bits per heavy atom. The summed E-state index contributed by atoms with van der Waals surface area (Å²) >= 11 is 6.94. The van der Waals surface area contributed by atoms with Crippen molar-refractivity contribution >= 4 is 37.9 Å². The van der Waals surface area contributed by atoms with Crippen LogP contribution in [-0.4, -0.2) is 45.2 Å². The van der Waals surface area contributed by atoms with Crippen LogP contribution in [0, 0.1) is 0 Å². The van der Waals surface area contributed by atoms with E-state index in [2.05, 4.69) is 42.5 Å². The molecule has 1 rings (SSSR count). The second kappa shape index (κ2) is 8.49. The molecule has 0 fully saturated rings. The summed E-state index contributed by atoms with van der Waals surface area (Å²) in [6.45, 7) is 2.02. The molecule has 112 valence electrons. The topological polar surface area (TPSA) is 53.6 Å². The smallest absolute Gasteiger partial charge is 0.316 e. The fourth-order valence-corrected chi connectivity index (χ4v) is 3.16. The van der Waals surface area contributed by atoms with E-state index < -0.39 is 0 Å². The number of halogens is 2. The van der Waals surface area contributed by atoms with Crippen molar-refractivity contribution in [3.63, 3.8) is 0 Å². The SMILES string of the molecule is COc1c(Br)cc(CNCCNC(=O)N(C)C)cc1Br. The lowest BCUT2D eigenvalue weighted by atomic mass is 10.2. The largest absolute Gasteiger partial charge is 0.494 e. The van der Waals surface area contributed by atoms with Crippen molar-refractivity contribution in [3.8, 4) is 5.75 Å². The van der Waals surface area contributed by atoms with Crippen LogP contribution in [0.5, 0.6) is 5.75 Å². The van der Waals surface area contributed by atoms with Crippen LogP contribution in [0.25, 0.3) is 0 Å². The van der Waals surface area contributed by atoms with Crippen LogP contribution in [0.15, 0.2) is 21.1 Å². The molecule has 0 radical (unpaired) electrons. The minimum absolute atomic E-state index is 0.0817. The Bertz CT molecular complexity index is 444. The number of amides is 2. The van der Waals surface area contributed by atoms with Crippen molar-refractivity contribution in [2.45, 2.75) is 6.54 Å². The molecule has 2 N–H and O–H groups in total. The number of ether oxygens (including phenoxy) is 1. The molecule has 1 aromatic carbocycles. The van der Waals surface area contributed by atoms with Crippen LogP contribution in [0.2, 0.25) is 0 Å². The second-order valence-corrected chi connectivity index (χ2v) is 6.10. The van der Waals surface area contributed by atoms with Crippen LogP contribution in [0.3, 0.4) is 0 Å². The zero-order chi connectivity index (χ0) is 15.1. The molecule has 5 nitrogen and oxygen atoms in total. The zero-order valence-electron chi connectivity index (χ0n) is 11.8. The van der Waals surface area contributed by atoms with Crippen molar-refractivity contribution in [2.75, 3.05) is 34.3 Å². The van der Waals surface area contributed by atoms with Gasteiger partial charge in [-0.1, -0.05) is 0 Å². The molecule has 0 aliphatic carbocycles. The van der Waals surface area contributed by atoms with Crippen LogP contribution in [-0.2, 0) is 6.54 Å². The fraction of sp³-hybridized carbons (Fsp3) is 0.462. The molecule has 20 heavy (non-hydrogen) atoms. The highest BCUT2D eigenvalue weighted by Crippen LogP contribution is 2.34. The summed E-state index contributed by atoms with van der Waals surface area (Å²) in [4.78, 5) is 12.8. The third-order valence-corrected chi connectivity index (χ3v) is 3.75. The van der Waals surface area contributed by atoms with E-state index in [0.29, 0.717) is 13.1 Å². The summed E-state index contributed by atoms with van der Waals surface area (Å²) in [5.41, 5.74) is 1.13. The number of methoxy groups -OCH3 is 1. The number of hydrogen-bond acceptors (Lipinski definition) is 3. The molecule has 7 heteroatoms. The second-order valence-electron chi connectivity index (χ2n) is 4.40. The van der Waals surface area contributed by atoms with Gasteiger partial charge in [-0.05, 0) is 49.6 Å². The van der Waals surface area contributed by atoms with E-state index in [1.165, 1.54) is 4.90 Å². The highest BCUT2D eigenvalue weighted by molar-refractivity contribution is 9.11. The lowest BCUT2D eigenvalue weighted by Gasteiger charge is -2.13. The molecule has 0 heterocycles. The van der Waals surface area contributed by atoms with Gasteiger partial charge in [0.15, 0.2) is 0 Å². The predicted octanol–water partition coefficient (Wildman–Crippen LogP) is 2.58. The molecule has 0 aliphatic heterocycles. The molecule has 0 bridgehead atoms. The predicted molar refractivity (Wildman–Crippen MR) is 87.2 cm³/mol. The number of rotatable bonds is 6. The average Bonchev–Trinajstić information content (AvgIpc) is 2.37. The van der Waals surface area contributed by atoms with Gasteiger partial charge < -0.3 is 20.3 Å². The van der Waals surface area contributed by atoms with Gasteiger partial charge in [0.1, 0.15) is 5.75 Å². The third kappa shape index (κ3) is 5.30. The Morgan fingerprint density at radius 3 is 2.35 bits per heavy atom. The molecule has 1 aromatic rings. The highest BCUT2D eigenvalue weighted by Gasteiger charge is 2.07. The molecule has 0 saturated carbocycles. The van der Waals surface area contributed by atoms with Gasteiger partial charge in [-0.25, -0.2) is 4.79 Å². The summed E-state index contributed by atoms with van der Waals surface area (Å²) in [5, 5.41) is 6.07. The lowest BCUT2D eigenvalue weighted by Crippen LogP contribution is -2.38. The van der Waals surface area contributed by atoms with Gasteiger partial charge in [-0.15, -0.1) is 0 Å². The number of benzene rings is 1. The molecule has 0 unspecified atom stereocenters. The van der Waals surface area contributed by atoms with Crippen molar-refractivity contribution in [1.29, 1.82) is 0 Å². The van der Waals surface area contributed by atoms with Crippen LogP contribution >= 0.6 is 31.9 Å². The molecule has 0 atom stereocenters. The van der Waals surface area contributed by atoms with Gasteiger partial charge in [-0.3, -0.25) is 0 Å². The van der Waals surface area contributed by atoms with Gasteiger partial charge in [0.2, 0.25) is 0 Å². The molecule has 0 saturated heterocycles. The highest BCUT2D eigenvalue weighted by atomic mass is 79.9. The van der Waals surface area contributed by atoms with Gasteiger partial charge in [0.05, 0.1) is 16.1 Å². The third-order valence-electron chi connectivity index (χ3n) is 2.58. The van der Waals surface area contributed by atoms with E-state index >= 15 is 0 Å². The zero-order valence-corrected chi connectivity index (χ0v) is 15.0. The first-order valence-electron chi connectivity index (χ1n) is 6.13. The first-order valence-corrected chi connectivity index (χ1v) is 7.72. The van der Waals surface area contributed by atoms with Crippen molar-refractivity contribution in [3.05, 3.63) is 26.6 Å². The molecule has 0 aliphatic rings.